The van der Waals surface area contributed by atoms with Crippen molar-refractivity contribution >= 4 is 33.7 Å². The van der Waals surface area contributed by atoms with Gasteiger partial charge in [-0.05, 0) is 6.07 Å². The van der Waals surface area contributed by atoms with Crippen molar-refractivity contribution in [3.63, 3.8) is 0 Å². The zero-order valence-corrected chi connectivity index (χ0v) is 9.19. The van der Waals surface area contributed by atoms with Crippen LogP contribution in [-0.4, -0.2) is 20.9 Å². The first-order valence-corrected chi connectivity index (χ1v) is 5.25. The van der Waals surface area contributed by atoms with Crippen molar-refractivity contribution in [1.29, 1.82) is 0 Å². The molecule has 0 radical (unpaired) electrons. The van der Waals surface area contributed by atoms with E-state index in [0.29, 0.717) is 5.82 Å². The third kappa shape index (κ3) is 1.52. The van der Waals surface area contributed by atoms with Crippen LogP contribution < -0.4 is 5.32 Å². The molecule has 0 aliphatic rings. The first kappa shape index (κ1) is 9.77. The fraction of sp³-hybridized carbons (Fsp3) is 0.0833. The number of carbonyl (C=O) groups excluding carboxylic acids is 1. The first-order chi connectivity index (χ1) is 8.25. The van der Waals surface area contributed by atoms with Gasteiger partial charge in [0.15, 0.2) is 5.82 Å². The molecule has 0 saturated carbocycles. The summed E-state index contributed by atoms with van der Waals surface area (Å²) in [6.07, 6.45) is 1.60. The molecule has 2 aromatic heterocycles. The number of rotatable bonds is 1. The van der Waals surface area contributed by atoms with Crippen LogP contribution in [0.4, 0.5) is 5.82 Å². The van der Waals surface area contributed by atoms with Crippen molar-refractivity contribution < 1.29 is 4.79 Å². The lowest BCUT2D eigenvalue weighted by atomic mass is 10.2. The third-order valence-electron chi connectivity index (χ3n) is 2.56. The molecule has 0 aliphatic heterocycles. The van der Waals surface area contributed by atoms with Crippen LogP contribution in [-0.2, 0) is 4.79 Å². The van der Waals surface area contributed by atoms with E-state index < -0.39 is 0 Å². The summed E-state index contributed by atoms with van der Waals surface area (Å²) in [5, 5.41) is 3.67. The molecule has 0 unspecified atom stereocenters. The Morgan fingerprint density at radius 2 is 2.18 bits per heavy atom. The Kier molecular flexibility index (Phi) is 2.04. The molecular weight excluding hydrogens is 216 g/mol. The molecular formula is C12H10N4O. The fourth-order valence-corrected chi connectivity index (χ4v) is 1.88. The number of hydrogen-bond acceptors (Lipinski definition) is 3. The van der Waals surface area contributed by atoms with Crippen LogP contribution in [0.3, 0.4) is 0 Å². The van der Waals surface area contributed by atoms with Gasteiger partial charge in [0.2, 0.25) is 5.91 Å². The smallest absolute Gasteiger partial charge is 0.222 e. The number of anilines is 1. The quantitative estimate of drug-likeness (QED) is 0.667. The van der Waals surface area contributed by atoms with Crippen molar-refractivity contribution in [1.82, 2.24) is 15.0 Å². The van der Waals surface area contributed by atoms with Crippen LogP contribution in [0.25, 0.3) is 21.9 Å². The predicted octanol–water partition coefficient (Wildman–Crippen LogP) is 2.07. The van der Waals surface area contributed by atoms with Gasteiger partial charge in [0.1, 0.15) is 11.0 Å². The number of carbonyl (C=O) groups is 1. The number of aromatic amines is 1. The Bertz CT molecular complexity index is 717. The first-order valence-electron chi connectivity index (χ1n) is 5.25. The minimum absolute atomic E-state index is 0.149. The van der Waals surface area contributed by atoms with E-state index in [1.807, 2.05) is 24.3 Å². The number of aromatic nitrogens is 3. The standard InChI is InChI=1S/C12H10N4O/c1-7(17)15-12-11-10(13-6-14-11)8-4-2-3-5-9(8)16-12/h2-6H,1H3,(H,13,14)(H,15,16,17). The van der Waals surface area contributed by atoms with Crippen molar-refractivity contribution in [3.05, 3.63) is 30.6 Å². The van der Waals surface area contributed by atoms with Crippen molar-refractivity contribution in [2.45, 2.75) is 6.92 Å². The molecule has 3 aromatic rings. The number of para-hydroxylation sites is 1. The van der Waals surface area contributed by atoms with E-state index in [1.54, 1.807) is 6.33 Å². The van der Waals surface area contributed by atoms with Crippen molar-refractivity contribution in [3.8, 4) is 0 Å². The molecule has 5 nitrogen and oxygen atoms in total. The maximum absolute atomic E-state index is 11.1. The van der Waals surface area contributed by atoms with Crippen LogP contribution in [0.5, 0.6) is 0 Å². The van der Waals surface area contributed by atoms with Gasteiger partial charge in [0.05, 0.1) is 11.8 Å². The van der Waals surface area contributed by atoms with E-state index in [-0.39, 0.29) is 5.91 Å². The number of hydrogen-bond donors (Lipinski definition) is 2. The lowest BCUT2D eigenvalue weighted by Gasteiger charge is -2.05. The number of nitrogens with one attached hydrogen (secondary N) is 2. The van der Waals surface area contributed by atoms with Crippen LogP contribution in [0.1, 0.15) is 6.92 Å². The number of benzene rings is 1. The van der Waals surface area contributed by atoms with Crippen molar-refractivity contribution in [2.24, 2.45) is 0 Å². The molecule has 3 rings (SSSR count). The molecule has 0 spiro atoms. The number of fused-ring (bicyclic) bond motifs is 3. The molecule has 0 bridgehead atoms. The van der Waals surface area contributed by atoms with Crippen LogP contribution >= 0.6 is 0 Å². The van der Waals surface area contributed by atoms with Crippen LogP contribution in [0, 0.1) is 0 Å². The normalized spacial score (nSPS) is 10.9. The molecule has 0 saturated heterocycles. The highest BCUT2D eigenvalue weighted by atomic mass is 16.1. The predicted molar refractivity (Wildman–Crippen MR) is 65.7 cm³/mol. The zero-order valence-electron chi connectivity index (χ0n) is 9.19. The summed E-state index contributed by atoms with van der Waals surface area (Å²) in [5.41, 5.74) is 2.38. The average molecular weight is 226 g/mol. The fourth-order valence-electron chi connectivity index (χ4n) is 1.88. The van der Waals surface area contributed by atoms with E-state index in [0.717, 1.165) is 21.9 Å². The summed E-state index contributed by atoms with van der Waals surface area (Å²) in [5.74, 6) is 0.368. The second-order valence-corrected chi connectivity index (χ2v) is 3.78. The number of nitrogens with zero attached hydrogens (tertiary/aromatic N) is 2. The molecule has 0 atom stereocenters. The Balaban J connectivity index is 2.39. The molecule has 1 amide bonds. The molecule has 2 heterocycles. The zero-order chi connectivity index (χ0) is 11.8. The third-order valence-corrected chi connectivity index (χ3v) is 2.56. The van der Waals surface area contributed by atoms with E-state index in [1.165, 1.54) is 6.92 Å². The van der Waals surface area contributed by atoms with Gasteiger partial charge in [-0.3, -0.25) is 4.79 Å². The average Bonchev–Trinajstić information content (AvgIpc) is 2.78. The molecule has 17 heavy (non-hydrogen) atoms. The van der Waals surface area contributed by atoms with E-state index in [2.05, 4.69) is 20.3 Å². The maximum atomic E-state index is 11.1. The van der Waals surface area contributed by atoms with E-state index in [9.17, 15) is 4.79 Å². The molecule has 1 aromatic carbocycles. The summed E-state index contributed by atoms with van der Waals surface area (Å²) >= 11 is 0. The van der Waals surface area contributed by atoms with Gasteiger partial charge >= 0.3 is 0 Å². The lowest BCUT2D eigenvalue weighted by Crippen LogP contribution is -2.08. The van der Waals surface area contributed by atoms with Gasteiger partial charge in [-0.1, -0.05) is 18.2 Å². The minimum atomic E-state index is -0.149. The van der Waals surface area contributed by atoms with E-state index >= 15 is 0 Å². The summed E-state index contributed by atoms with van der Waals surface area (Å²) in [4.78, 5) is 22.8. The molecule has 0 aliphatic carbocycles. The Morgan fingerprint density at radius 3 is 3.00 bits per heavy atom. The molecule has 0 fully saturated rings. The monoisotopic (exact) mass is 226 g/mol. The van der Waals surface area contributed by atoms with Crippen LogP contribution in [0.15, 0.2) is 30.6 Å². The summed E-state index contributed by atoms with van der Waals surface area (Å²) < 4.78 is 0. The highest BCUT2D eigenvalue weighted by Gasteiger charge is 2.10. The molecule has 84 valence electrons. The number of H-pyrrole nitrogens is 1. The van der Waals surface area contributed by atoms with Gasteiger partial charge in [-0.15, -0.1) is 0 Å². The van der Waals surface area contributed by atoms with Gasteiger partial charge < -0.3 is 10.3 Å². The molecule has 5 heteroatoms. The van der Waals surface area contributed by atoms with Crippen LogP contribution in [0.2, 0.25) is 0 Å². The summed E-state index contributed by atoms with van der Waals surface area (Å²) in [6, 6.07) is 7.71. The second-order valence-electron chi connectivity index (χ2n) is 3.78. The second kappa shape index (κ2) is 3.55. The van der Waals surface area contributed by atoms with Gasteiger partial charge in [0, 0.05) is 12.3 Å². The highest BCUT2D eigenvalue weighted by Crippen LogP contribution is 2.26. The van der Waals surface area contributed by atoms with Gasteiger partial charge in [0.25, 0.3) is 0 Å². The SMILES string of the molecule is CC(=O)Nc1nc2ccccc2c2nc[nH]c12. The lowest BCUT2D eigenvalue weighted by molar-refractivity contribution is -0.114. The van der Waals surface area contributed by atoms with Crippen molar-refractivity contribution in [2.75, 3.05) is 5.32 Å². The highest BCUT2D eigenvalue weighted by molar-refractivity contribution is 6.08. The number of amides is 1. The number of imidazole rings is 1. The van der Waals surface area contributed by atoms with E-state index in [4.69, 9.17) is 0 Å². The van der Waals surface area contributed by atoms with Gasteiger partial charge in [-0.25, -0.2) is 9.97 Å². The molecule has 2 N–H and O–H groups in total. The minimum Gasteiger partial charge on any atom is -0.342 e. The Hall–Kier alpha value is -2.43. The Morgan fingerprint density at radius 1 is 1.35 bits per heavy atom. The number of pyridine rings is 1. The Labute approximate surface area is 96.9 Å². The topological polar surface area (TPSA) is 70.7 Å². The summed E-state index contributed by atoms with van der Waals surface area (Å²) in [6.45, 7) is 1.46. The summed E-state index contributed by atoms with van der Waals surface area (Å²) in [7, 11) is 0. The maximum Gasteiger partial charge on any atom is 0.222 e. The van der Waals surface area contributed by atoms with Gasteiger partial charge in [-0.2, -0.15) is 0 Å². The largest absolute Gasteiger partial charge is 0.342 e.